The molecule has 1 aromatic rings. The molecule has 3 N–H and O–H groups in total. The highest BCUT2D eigenvalue weighted by Crippen LogP contribution is 2.38. The third kappa shape index (κ3) is 3.47. The Bertz CT molecular complexity index is 609. The summed E-state index contributed by atoms with van der Waals surface area (Å²) >= 11 is 1.42. The van der Waals surface area contributed by atoms with E-state index >= 15 is 0 Å². The standard InChI is InChI=1S/C15H20N2O4S/c1-3-10(15(20)21)17-13(19)12-9-6-4-5-7-11(9)22-14(12)16-8(2)18/h10H,3-7H2,1-2H3,(H,16,18)(H,17,19)(H,20,21). The number of anilines is 1. The Hall–Kier alpha value is -1.89. The normalized spacial score (nSPS) is 14.8. The largest absolute Gasteiger partial charge is 0.480 e. The van der Waals surface area contributed by atoms with Gasteiger partial charge in [-0.15, -0.1) is 11.3 Å². The molecule has 2 rings (SSSR count). The smallest absolute Gasteiger partial charge is 0.326 e. The zero-order valence-corrected chi connectivity index (χ0v) is 13.5. The van der Waals surface area contributed by atoms with Crippen LogP contribution < -0.4 is 10.6 Å². The van der Waals surface area contributed by atoms with Crippen LogP contribution in [0.1, 0.15) is 53.9 Å². The maximum absolute atomic E-state index is 12.5. The van der Waals surface area contributed by atoms with Crippen molar-refractivity contribution in [3.05, 3.63) is 16.0 Å². The van der Waals surface area contributed by atoms with Gasteiger partial charge in [-0.05, 0) is 37.7 Å². The van der Waals surface area contributed by atoms with Gasteiger partial charge in [0.1, 0.15) is 11.0 Å². The minimum atomic E-state index is -1.05. The number of aryl methyl sites for hydroxylation is 1. The van der Waals surface area contributed by atoms with Gasteiger partial charge in [0.15, 0.2) is 0 Å². The van der Waals surface area contributed by atoms with Crippen LogP contribution >= 0.6 is 11.3 Å². The summed E-state index contributed by atoms with van der Waals surface area (Å²) in [5.41, 5.74) is 1.40. The van der Waals surface area contributed by atoms with Crippen molar-refractivity contribution in [3.63, 3.8) is 0 Å². The highest BCUT2D eigenvalue weighted by molar-refractivity contribution is 7.17. The van der Waals surface area contributed by atoms with Crippen molar-refractivity contribution >= 4 is 34.1 Å². The van der Waals surface area contributed by atoms with E-state index in [0.717, 1.165) is 36.1 Å². The number of carbonyl (C=O) groups is 3. The van der Waals surface area contributed by atoms with Crippen LogP contribution in [0.3, 0.4) is 0 Å². The summed E-state index contributed by atoms with van der Waals surface area (Å²) in [5, 5.41) is 14.9. The van der Waals surface area contributed by atoms with E-state index in [1.807, 2.05) is 0 Å². The molecular formula is C15H20N2O4S. The minimum Gasteiger partial charge on any atom is -0.480 e. The highest BCUT2D eigenvalue weighted by Gasteiger charge is 2.28. The van der Waals surface area contributed by atoms with Crippen LogP contribution in [-0.4, -0.2) is 28.9 Å². The molecule has 6 nitrogen and oxygen atoms in total. The fourth-order valence-electron chi connectivity index (χ4n) is 2.62. The van der Waals surface area contributed by atoms with Crippen molar-refractivity contribution < 1.29 is 19.5 Å². The van der Waals surface area contributed by atoms with E-state index in [0.29, 0.717) is 17.0 Å². The Labute approximate surface area is 132 Å². The average Bonchev–Trinajstić information content (AvgIpc) is 2.81. The van der Waals surface area contributed by atoms with E-state index in [2.05, 4.69) is 10.6 Å². The lowest BCUT2D eigenvalue weighted by atomic mass is 9.95. The zero-order valence-electron chi connectivity index (χ0n) is 12.7. The van der Waals surface area contributed by atoms with Crippen LogP contribution in [0.5, 0.6) is 0 Å². The second-order valence-corrected chi connectivity index (χ2v) is 6.47. The first-order valence-corrected chi connectivity index (χ1v) is 8.21. The molecule has 0 bridgehead atoms. The molecular weight excluding hydrogens is 304 g/mol. The number of nitrogens with one attached hydrogen (secondary N) is 2. The second kappa shape index (κ2) is 6.91. The van der Waals surface area contributed by atoms with Crippen LogP contribution in [0.25, 0.3) is 0 Å². The van der Waals surface area contributed by atoms with Crippen LogP contribution in [0.2, 0.25) is 0 Å². The number of rotatable bonds is 5. The molecule has 0 saturated heterocycles. The van der Waals surface area contributed by atoms with Crippen LogP contribution in [0, 0.1) is 0 Å². The Balaban J connectivity index is 2.34. The van der Waals surface area contributed by atoms with Crippen LogP contribution in [0.4, 0.5) is 5.00 Å². The third-order valence-electron chi connectivity index (χ3n) is 3.70. The third-order valence-corrected chi connectivity index (χ3v) is 4.91. The van der Waals surface area contributed by atoms with Crippen molar-refractivity contribution in [2.24, 2.45) is 0 Å². The number of fused-ring (bicyclic) bond motifs is 1. The van der Waals surface area contributed by atoms with Crippen LogP contribution in [0.15, 0.2) is 0 Å². The van der Waals surface area contributed by atoms with Crippen molar-refractivity contribution in [3.8, 4) is 0 Å². The summed E-state index contributed by atoms with van der Waals surface area (Å²) in [5.74, 6) is -1.71. The first-order chi connectivity index (χ1) is 10.4. The number of carboxylic acid groups (broad SMARTS) is 1. The van der Waals surface area contributed by atoms with Crippen molar-refractivity contribution in [2.45, 2.75) is 52.0 Å². The van der Waals surface area contributed by atoms with Gasteiger partial charge in [-0.2, -0.15) is 0 Å². The molecule has 1 heterocycles. The SMILES string of the molecule is CCC(NC(=O)c1c(NC(C)=O)sc2c1CCCC2)C(=O)O. The van der Waals surface area contributed by atoms with E-state index in [1.54, 1.807) is 6.92 Å². The lowest BCUT2D eigenvalue weighted by molar-refractivity contribution is -0.139. The molecule has 22 heavy (non-hydrogen) atoms. The summed E-state index contributed by atoms with van der Waals surface area (Å²) in [4.78, 5) is 36.1. The maximum atomic E-state index is 12.5. The Morgan fingerprint density at radius 1 is 1.27 bits per heavy atom. The van der Waals surface area contributed by atoms with Crippen LogP contribution in [-0.2, 0) is 22.4 Å². The number of hydrogen-bond acceptors (Lipinski definition) is 4. The minimum absolute atomic E-state index is 0.238. The van der Waals surface area contributed by atoms with E-state index in [9.17, 15) is 14.4 Å². The fraction of sp³-hybridized carbons (Fsp3) is 0.533. The Morgan fingerprint density at radius 3 is 2.55 bits per heavy atom. The molecule has 0 saturated carbocycles. The molecule has 1 unspecified atom stereocenters. The number of hydrogen-bond donors (Lipinski definition) is 3. The lowest BCUT2D eigenvalue weighted by Gasteiger charge is -2.16. The second-order valence-electron chi connectivity index (χ2n) is 5.37. The molecule has 0 aromatic carbocycles. The van der Waals surface area contributed by atoms with Gasteiger partial charge in [-0.25, -0.2) is 4.79 Å². The van der Waals surface area contributed by atoms with Gasteiger partial charge in [-0.1, -0.05) is 6.92 Å². The van der Waals surface area contributed by atoms with E-state index < -0.39 is 17.9 Å². The molecule has 1 aliphatic rings. The number of carbonyl (C=O) groups excluding carboxylic acids is 2. The van der Waals surface area contributed by atoms with Gasteiger partial charge in [0.25, 0.3) is 5.91 Å². The van der Waals surface area contributed by atoms with E-state index in [4.69, 9.17) is 5.11 Å². The Morgan fingerprint density at radius 2 is 1.95 bits per heavy atom. The molecule has 0 spiro atoms. The zero-order chi connectivity index (χ0) is 16.3. The topological polar surface area (TPSA) is 95.5 Å². The molecule has 1 aromatic heterocycles. The van der Waals surface area contributed by atoms with Gasteiger partial charge in [0.05, 0.1) is 5.56 Å². The number of aliphatic carboxylic acids is 1. The summed E-state index contributed by atoms with van der Waals surface area (Å²) in [6.45, 7) is 3.10. The summed E-state index contributed by atoms with van der Waals surface area (Å²) in [7, 11) is 0. The van der Waals surface area contributed by atoms with Gasteiger partial charge in [-0.3, -0.25) is 9.59 Å². The quantitative estimate of drug-likeness (QED) is 0.773. The fourth-order valence-corrected chi connectivity index (χ4v) is 3.96. The summed E-state index contributed by atoms with van der Waals surface area (Å²) < 4.78 is 0. The molecule has 1 aliphatic carbocycles. The lowest BCUT2D eigenvalue weighted by Crippen LogP contribution is -2.40. The molecule has 120 valence electrons. The molecule has 0 fully saturated rings. The molecule has 0 radical (unpaired) electrons. The molecule has 0 aliphatic heterocycles. The monoisotopic (exact) mass is 324 g/mol. The van der Waals surface area contributed by atoms with Gasteiger partial charge >= 0.3 is 5.97 Å². The van der Waals surface area contributed by atoms with E-state index in [-0.39, 0.29) is 5.91 Å². The van der Waals surface area contributed by atoms with Gasteiger partial charge < -0.3 is 15.7 Å². The predicted molar refractivity (Wildman–Crippen MR) is 84.4 cm³/mol. The summed E-state index contributed by atoms with van der Waals surface area (Å²) in [6, 6.07) is -0.920. The number of carboxylic acids is 1. The number of amides is 2. The maximum Gasteiger partial charge on any atom is 0.326 e. The predicted octanol–water partition coefficient (Wildman–Crippen LogP) is 2.18. The van der Waals surface area contributed by atoms with Gasteiger partial charge in [0.2, 0.25) is 5.91 Å². The molecule has 1 atom stereocenters. The Kier molecular flexibility index (Phi) is 5.18. The van der Waals surface area contributed by atoms with Crippen molar-refractivity contribution in [1.29, 1.82) is 0 Å². The molecule has 7 heteroatoms. The average molecular weight is 324 g/mol. The van der Waals surface area contributed by atoms with Crippen molar-refractivity contribution in [1.82, 2.24) is 5.32 Å². The van der Waals surface area contributed by atoms with E-state index in [1.165, 1.54) is 18.3 Å². The summed E-state index contributed by atoms with van der Waals surface area (Å²) in [6.07, 6.45) is 4.07. The highest BCUT2D eigenvalue weighted by atomic mass is 32.1. The first-order valence-electron chi connectivity index (χ1n) is 7.39. The first kappa shape index (κ1) is 16.5. The number of thiophene rings is 1. The van der Waals surface area contributed by atoms with Crippen molar-refractivity contribution in [2.75, 3.05) is 5.32 Å². The van der Waals surface area contributed by atoms with Gasteiger partial charge in [0, 0.05) is 11.8 Å². The molecule has 2 amide bonds.